The summed E-state index contributed by atoms with van der Waals surface area (Å²) in [7, 11) is 0. The minimum Gasteiger partial charge on any atom is -0.436 e. The molecule has 5 nitrogen and oxygen atoms in total. The molecule has 0 radical (unpaired) electrons. The fourth-order valence-corrected chi connectivity index (χ4v) is 1.90. The van der Waals surface area contributed by atoms with Crippen LogP contribution in [0.4, 0.5) is 0 Å². The van der Waals surface area contributed by atoms with Gasteiger partial charge in [-0.15, -0.1) is 0 Å². The molecule has 5 heteroatoms. The van der Waals surface area contributed by atoms with Gasteiger partial charge >= 0.3 is 0 Å². The van der Waals surface area contributed by atoms with Crippen molar-refractivity contribution in [1.29, 1.82) is 0 Å². The number of aromatic nitrogens is 3. The van der Waals surface area contributed by atoms with E-state index in [0.29, 0.717) is 18.0 Å². The molecule has 0 saturated heterocycles. The molecule has 0 spiro atoms. The third-order valence-electron chi connectivity index (χ3n) is 3.30. The fraction of sp³-hybridized carbons (Fsp3) is 0.467. The smallest absolute Gasteiger partial charge is 0.219 e. The van der Waals surface area contributed by atoms with E-state index in [4.69, 9.17) is 4.74 Å². The number of nitrogens with zero attached hydrogens (tertiary/aromatic N) is 3. The highest BCUT2D eigenvalue weighted by Gasteiger charge is 2.19. The number of hydrogen-bond donors (Lipinski definition) is 1. The molecule has 1 fully saturated rings. The van der Waals surface area contributed by atoms with Gasteiger partial charge < -0.3 is 10.1 Å². The van der Waals surface area contributed by atoms with Crippen LogP contribution in [0.25, 0.3) is 0 Å². The minimum atomic E-state index is 0.330. The zero-order chi connectivity index (χ0) is 13.9. The second-order valence-corrected chi connectivity index (χ2v) is 5.51. The third kappa shape index (κ3) is 3.36. The van der Waals surface area contributed by atoms with E-state index >= 15 is 0 Å². The summed E-state index contributed by atoms with van der Waals surface area (Å²) in [5.74, 6) is 1.32. The summed E-state index contributed by atoms with van der Waals surface area (Å²) < 4.78 is 7.55. The van der Waals surface area contributed by atoms with E-state index in [0.717, 1.165) is 12.3 Å². The van der Waals surface area contributed by atoms with Gasteiger partial charge in [0.25, 0.3) is 0 Å². The van der Waals surface area contributed by atoms with Crippen LogP contribution >= 0.6 is 0 Å². The summed E-state index contributed by atoms with van der Waals surface area (Å²) in [5.41, 5.74) is 1.18. The Morgan fingerprint density at radius 1 is 1.35 bits per heavy atom. The van der Waals surface area contributed by atoms with Crippen molar-refractivity contribution in [3.63, 3.8) is 0 Å². The van der Waals surface area contributed by atoms with E-state index in [2.05, 4.69) is 29.2 Å². The van der Waals surface area contributed by atoms with Crippen molar-refractivity contribution in [2.45, 2.75) is 45.3 Å². The molecule has 0 unspecified atom stereocenters. The first kappa shape index (κ1) is 13.1. The largest absolute Gasteiger partial charge is 0.436 e. The van der Waals surface area contributed by atoms with Gasteiger partial charge in [-0.3, -0.25) is 4.68 Å². The lowest BCUT2D eigenvalue weighted by atomic mass is 10.3. The van der Waals surface area contributed by atoms with Gasteiger partial charge in [-0.1, -0.05) is 6.07 Å². The van der Waals surface area contributed by atoms with Gasteiger partial charge in [0.1, 0.15) is 0 Å². The highest BCUT2D eigenvalue weighted by atomic mass is 16.5. The Balaban J connectivity index is 1.58. The van der Waals surface area contributed by atoms with Crippen molar-refractivity contribution in [3.05, 3.63) is 36.3 Å². The van der Waals surface area contributed by atoms with Crippen LogP contribution in [0, 0.1) is 0 Å². The monoisotopic (exact) mass is 272 g/mol. The molecule has 3 rings (SSSR count). The summed E-state index contributed by atoms with van der Waals surface area (Å²) in [6.07, 6.45) is 8.06. The van der Waals surface area contributed by atoms with Crippen molar-refractivity contribution in [2.75, 3.05) is 0 Å². The van der Waals surface area contributed by atoms with Crippen molar-refractivity contribution >= 4 is 0 Å². The fourth-order valence-electron chi connectivity index (χ4n) is 1.90. The van der Waals surface area contributed by atoms with Crippen LogP contribution in [-0.4, -0.2) is 20.8 Å². The summed E-state index contributed by atoms with van der Waals surface area (Å²) in [4.78, 5) is 4.33. The third-order valence-corrected chi connectivity index (χ3v) is 3.30. The average molecular weight is 272 g/mol. The first-order chi connectivity index (χ1) is 9.70. The average Bonchev–Trinajstić information content (AvgIpc) is 3.15. The summed E-state index contributed by atoms with van der Waals surface area (Å²) in [5, 5.41) is 7.70. The van der Waals surface area contributed by atoms with Gasteiger partial charge in [-0.05, 0) is 32.3 Å². The zero-order valence-corrected chi connectivity index (χ0v) is 11.9. The van der Waals surface area contributed by atoms with E-state index in [1.165, 1.54) is 18.4 Å². The molecule has 0 aliphatic heterocycles. The first-order valence-electron chi connectivity index (χ1n) is 7.11. The van der Waals surface area contributed by atoms with Crippen LogP contribution in [0.3, 0.4) is 0 Å². The topological polar surface area (TPSA) is 52.0 Å². The molecular weight excluding hydrogens is 252 g/mol. The molecule has 0 bridgehead atoms. The molecule has 2 heterocycles. The lowest BCUT2D eigenvalue weighted by Gasteiger charge is -2.05. The molecule has 1 N–H and O–H groups in total. The van der Waals surface area contributed by atoms with Crippen LogP contribution in [0.15, 0.2) is 30.7 Å². The molecule has 0 amide bonds. The second-order valence-electron chi connectivity index (χ2n) is 5.51. The van der Waals surface area contributed by atoms with Crippen molar-refractivity contribution in [1.82, 2.24) is 20.1 Å². The van der Waals surface area contributed by atoms with Crippen LogP contribution in [0.5, 0.6) is 11.6 Å². The molecule has 1 aliphatic rings. The van der Waals surface area contributed by atoms with E-state index < -0.39 is 0 Å². The van der Waals surface area contributed by atoms with E-state index in [1.54, 1.807) is 6.20 Å². The van der Waals surface area contributed by atoms with Gasteiger partial charge in [0.15, 0.2) is 5.75 Å². The Morgan fingerprint density at radius 2 is 2.20 bits per heavy atom. The van der Waals surface area contributed by atoms with Gasteiger partial charge in [-0.2, -0.15) is 5.10 Å². The minimum absolute atomic E-state index is 0.330. The zero-order valence-electron chi connectivity index (χ0n) is 11.9. The summed E-state index contributed by atoms with van der Waals surface area (Å²) >= 11 is 0. The maximum Gasteiger partial charge on any atom is 0.219 e. The predicted molar refractivity (Wildman–Crippen MR) is 76.8 cm³/mol. The van der Waals surface area contributed by atoms with Crippen LogP contribution < -0.4 is 10.1 Å². The molecular formula is C15H20N4O. The SMILES string of the molecule is CC(C)n1cc(Oc2ccc(CNC3CC3)cn2)cn1. The van der Waals surface area contributed by atoms with Gasteiger partial charge in [-0.25, -0.2) is 4.98 Å². The molecule has 2 aromatic rings. The highest BCUT2D eigenvalue weighted by molar-refractivity contribution is 5.24. The molecule has 20 heavy (non-hydrogen) atoms. The maximum atomic E-state index is 5.69. The standard InChI is InChI=1S/C15H20N4O/c1-11(2)19-10-14(9-18-19)20-15-6-3-12(8-17-15)7-16-13-4-5-13/h3,6,8-11,13,16H,4-5,7H2,1-2H3. The Morgan fingerprint density at radius 3 is 2.80 bits per heavy atom. The number of nitrogens with one attached hydrogen (secondary N) is 1. The molecule has 106 valence electrons. The number of rotatable bonds is 6. The molecule has 1 saturated carbocycles. The number of ether oxygens (including phenoxy) is 1. The lowest BCUT2D eigenvalue weighted by molar-refractivity contribution is 0.458. The molecule has 2 aromatic heterocycles. The Labute approximate surface area is 119 Å². The Hall–Kier alpha value is -1.88. The Kier molecular flexibility index (Phi) is 3.69. The summed E-state index contributed by atoms with van der Waals surface area (Å²) in [6.45, 7) is 5.04. The van der Waals surface area contributed by atoms with Crippen molar-refractivity contribution in [3.8, 4) is 11.6 Å². The first-order valence-corrected chi connectivity index (χ1v) is 7.11. The predicted octanol–water partition coefficient (Wildman–Crippen LogP) is 2.90. The number of hydrogen-bond acceptors (Lipinski definition) is 4. The highest BCUT2D eigenvalue weighted by Crippen LogP contribution is 2.21. The van der Waals surface area contributed by atoms with Crippen LogP contribution in [0.1, 0.15) is 38.3 Å². The van der Waals surface area contributed by atoms with E-state index in [9.17, 15) is 0 Å². The Bertz CT molecular complexity index is 558. The normalized spacial score (nSPS) is 14.8. The summed E-state index contributed by atoms with van der Waals surface area (Å²) in [6, 6.07) is 4.99. The van der Waals surface area contributed by atoms with Crippen molar-refractivity contribution in [2.24, 2.45) is 0 Å². The quantitative estimate of drug-likeness (QED) is 0.878. The van der Waals surface area contributed by atoms with Crippen LogP contribution in [-0.2, 0) is 6.54 Å². The molecule has 0 aromatic carbocycles. The van der Waals surface area contributed by atoms with E-state index in [1.807, 2.05) is 29.2 Å². The van der Waals surface area contributed by atoms with Crippen molar-refractivity contribution < 1.29 is 4.74 Å². The maximum absolute atomic E-state index is 5.69. The van der Waals surface area contributed by atoms with Gasteiger partial charge in [0.05, 0.1) is 12.4 Å². The second kappa shape index (κ2) is 5.63. The molecule has 1 aliphatic carbocycles. The molecule has 0 atom stereocenters. The van der Waals surface area contributed by atoms with E-state index in [-0.39, 0.29) is 0 Å². The lowest BCUT2D eigenvalue weighted by Crippen LogP contribution is -2.15. The number of pyridine rings is 1. The van der Waals surface area contributed by atoms with Crippen LogP contribution in [0.2, 0.25) is 0 Å². The van der Waals surface area contributed by atoms with Gasteiger partial charge in [0.2, 0.25) is 5.88 Å². The van der Waals surface area contributed by atoms with Gasteiger partial charge in [0, 0.05) is 30.9 Å².